The molecule has 286 valence electrons. The van der Waals surface area contributed by atoms with E-state index in [0.29, 0.717) is 11.4 Å². The summed E-state index contributed by atoms with van der Waals surface area (Å²) in [5.74, 6) is 0.645. The van der Waals surface area contributed by atoms with Crippen molar-refractivity contribution >= 4 is 22.1 Å². The standard InChI is InChI=1S/C58H38N2O/c1-4-15-39(16-5-1)42-29-31-43(32-30-42)44-21-12-22-45(33-44)46-23-14-26-49(35-46)58-59-55(57-56(60-58)53-27-10-11-28-54(53)61-57)48-25-13-24-47(34-48)52-37-50(40-17-6-2-7-18-40)36-51(38-52)41-19-8-3-9-20-41/h1-38H. The maximum atomic E-state index is 6.58. The van der Waals surface area contributed by atoms with Crippen molar-refractivity contribution in [2.75, 3.05) is 0 Å². The monoisotopic (exact) mass is 778 g/mol. The van der Waals surface area contributed by atoms with Crippen LogP contribution >= 0.6 is 0 Å². The SMILES string of the molecule is c1ccc(-c2ccc(-c3cccc(-c4cccc(-c5nc(-c6cccc(-c7cc(-c8ccccc8)cc(-c8ccccc8)c7)c6)c6oc7ccccc7c6n5)c4)c3)cc2)cc1. The van der Waals surface area contributed by atoms with Gasteiger partial charge in [0.05, 0.1) is 0 Å². The Labute approximate surface area is 354 Å². The van der Waals surface area contributed by atoms with E-state index in [4.69, 9.17) is 14.4 Å². The first-order chi connectivity index (χ1) is 30.2. The van der Waals surface area contributed by atoms with E-state index in [2.05, 4.69) is 212 Å². The maximum Gasteiger partial charge on any atom is 0.180 e. The molecule has 0 bridgehead atoms. The first kappa shape index (κ1) is 36.0. The van der Waals surface area contributed by atoms with E-state index in [1.807, 2.05) is 18.2 Å². The largest absolute Gasteiger partial charge is 0.452 e. The lowest BCUT2D eigenvalue weighted by Gasteiger charge is -2.13. The average Bonchev–Trinajstić information content (AvgIpc) is 3.73. The molecule has 0 amide bonds. The van der Waals surface area contributed by atoms with Crippen LogP contribution in [0.15, 0.2) is 235 Å². The summed E-state index contributed by atoms with van der Waals surface area (Å²) in [5, 5.41) is 0.962. The molecule has 11 aromatic rings. The minimum absolute atomic E-state index is 0.645. The molecular formula is C58H38N2O. The molecular weight excluding hydrogens is 741 g/mol. The summed E-state index contributed by atoms with van der Waals surface area (Å²) in [7, 11) is 0. The fourth-order valence-corrected chi connectivity index (χ4v) is 8.35. The molecule has 0 atom stereocenters. The number of rotatable bonds is 8. The fraction of sp³-hybridized carbons (Fsp3) is 0. The van der Waals surface area contributed by atoms with Crippen LogP contribution in [0.1, 0.15) is 0 Å². The van der Waals surface area contributed by atoms with Gasteiger partial charge < -0.3 is 4.42 Å². The molecule has 0 N–H and O–H groups in total. The Morgan fingerprint density at radius 3 is 1.21 bits per heavy atom. The lowest BCUT2D eigenvalue weighted by molar-refractivity contribution is 0.667. The third-order valence-corrected chi connectivity index (χ3v) is 11.5. The van der Waals surface area contributed by atoms with Crippen LogP contribution in [0.2, 0.25) is 0 Å². The van der Waals surface area contributed by atoms with E-state index in [-0.39, 0.29) is 0 Å². The maximum absolute atomic E-state index is 6.58. The Morgan fingerprint density at radius 2 is 0.623 bits per heavy atom. The van der Waals surface area contributed by atoms with Crippen LogP contribution in [-0.2, 0) is 0 Å². The van der Waals surface area contributed by atoms with Gasteiger partial charge in [0.2, 0.25) is 0 Å². The van der Waals surface area contributed by atoms with Crippen LogP contribution in [0.3, 0.4) is 0 Å². The van der Waals surface area contributed by atoms with Crippen LogP contribution in [0.5, 0.6) is 0 Å². The molecule has 0 aliphatic heterocycles. The van der Waals surface area contributed by atoms with Crippen LogP contribution < -0.4 is 0 Å². The molecule has 0 unspecified atom stereocenters. The van der Waals surface area contributed by atoms with Gasteiger partial charge in [-0.25, -0.2) is 9.97 Å². The van der Waals surface area contributed by atoms with Crippen molar-refractivity contribution in [2.24, 2.45) is 0 Å². The number of nitrogens with zero attached hydrogens (tertiary/aromatic N) is 2. The lowest BCUT2D eigenvalue weighted by Crippen LogP contribution is -1.95. The van der Waals surface area contributed by atoms with Crippen molar-refractivity contribution in [2.45, 2.75) is 0 Å². The third kappa shape index (κ3) is 7.09. The van der Waals surface area contributed by atoms with E-state index < -0.39 is 0 Å². The predicted octanol–water partition coefficient (Wildman–Crippen LogP) is 15.7. The summed E-state index contributed by atoms with van der Waals surface area (Å²) >= 11 is 0. The summed E-state index contributed by atoms with van der Waals surface area (Å²) in [6.07, 6.45) is 0. The van der Waals surface area contributed by atoms with Gasteiger partial charge in [0, 0.05) is 16.5 Å². The summed E-state index contributed by atoms with van der Waals surface area (Å²) in [5.41, 5.74) is 18.8. The number of aromatic nitrogens is 2. The molecule has 0 radical (unpaired) electrons. The number of hydrogen-bond acceptors (Lipinski definition) is 3. The van der Waals surface area contributed by atoms with Crippen LogP contribution in [-0.4, -0.2) is 9.97 Å². The van der Waals surface area contributed by atoms with Crippen molar-refractivity contribution in [3.05, 3.63) is 231 Å². The Balaban J connectivity index is 1.00. The molecule has 2 heterocycles. The van der Waals surface area contributed by atoms with Crippen molar-refractivity contribution < 1.29 is 4.42 Å². The zero-order valence-corrected chi connectivity index (χ0v) is 33.2. The minimum atomic E-state index is 0.645. The number of hydrogen-bond donors (Lipinski definition) is 0. The van der Waals surface area contributed by atoms with Crippen molar-refractivity contribution in [1.29, 1.82) is 0 Å². The number of benzene rings is 9. The average molecular weight is 779 g/mol. The smallest absolute Gasteiger partial charge is 0.180 e. The van der Waals surface area contributed by atoms with Gasteiger partial charge in [-0.1, -0.05) is 182 Å². The van der Waals surface area contributed by atoms with Crippen molar-refractivity contribution in [3.8, 4) is 89.4 Å². The molecule has 0 aliphatic carbocycles. The van der Waals surface area contributed by atoms with E-state index in [0.717, 1.165) is 72.3 Å². The molecule has 2 aromatic heterocycles. The van der Waals surface area contributed by atoms with Gasteiger partial charge in [0.1, 0.15) is 16.8 Å². The van der Waals surface area contributed by atoms with Crippen LogP contribution in [0.4, 0.5) is 0 Å². The van der Waals surface area contributed by atoms with Gasteiger partial charge in [0.15, 0.2) is 11.4 Å². The Morgan fingerprint density at radius 1 is 0.262 bits per heavy atom. The summed E-state index contributed by atoms with van der Waals surface area (Å²) in [6, 6.07) is 81.3. The summed E-state index contributed by atoms with van der Waals surface area (Å²) in [6.45, 7) is 0. The van der Waals surface area contributed by atoms with Crippen LogP contribution in [0, 0.1) is 0 Å². The molecule has 9 aromatic carbocycles. The molecule has 3 heteroatoms. The van der Waals surface area contributed by atoms with Crippen molar-refractivity contribution in [3.63, 3.8) is 0 Å². The number of para-hydroxylation sites is 1. The normalized spacial score (nSPS) is 11.3. The van der Waals surface area contributed by atoms with E-state index in [1.54, 1.807) is 0 Å². The number of furan rings is 1. The van der Waals surface area contributed by atoms with Gasteiger partial charge in [-0.05, 0) is 115 Å². The highest BCUT2D eigenvalue weighted by Crippen LogP contribution is 2.39. The topological polar surface area (TPSA) is 38.9 Å². The summed E-state index contributed by atoms with van der Waals surface area (Å²) in [4.78, 5) is 10.5. The second-order valence-corrected chi connectivity index (χ2v) is 15.4. The molecule has 0 aliphatic rings. The molecule has 11 rings (SSSR count). The highest BCUT2D eigenvalue weighted by atomic mass is 16.3. The minimum Gasteiger partial charge on any atom is -0.452 e. The van der Waals surface area contributed by atoms with Gasteiger partial charge in [0.25, 0.3) is 0 Å². The zero-order valence-electron chi connectivity index (χ0n) is 33.2. The Hall–Kier alpha value is -8.14. The molecule has 3 nitrogen and oxygen atoms in total. The van der Waals surface area contributed by atoms with E-state index in [9.17, 15) is 0 Å². The first-order valence-corrected chi connectivity index (χ1v) is 20.6. The quantitative estimate of drug-likeness (QED) is 0.154. The Kier molecular flexibility index (Phi) is 9.18. The predicted molar refractivity (Wildman–Crippen MR) is 253 cm³/mol. The highest BCUT2D eigenvalue weighted by Gasteiger charge is 2.19. The molecule has 0 saturated carbocycles. The number of fused-ring (bicyclic) bond motifs is 3. The summed E-state index contributed by atoms with van der Waals surface area (Å²) < 4.78 is 6.58. The van der Waals surface area contributed by atoms with Gasteiger partial charge in [-0.15, -0.1) is 0 Å². The van der Waals surface area contributed by atoms with Gasteiger partial charge >= 0.3 is 0 Å². The lowest BCUT2D eigenvalue weighted by atomic mass is 9.92. The molecule has 61 heavy (non-hydrogen) atoms. The van der Waals surface area contributed by atoms with E-state index >= 15 is 0 Å². The molecule has 0 fully saturated rings. The third-order valence-electron chi connectivity index (χ3n) is 11.5. The zero-order chi connectivity index (χ0) is 40.5. The molecule has 0 spiro atoms. The fourth-order valence-electron chi connectivity index (χ4n) is 8.35. The molecule has 0 saturated heterocycles. The van der Waals surface area contributed by atoms with Gasteiger partial charge in [-0.2, -0.15) is 0 Å². The second-order valence-electron chi connectivity index (χ2n) is 15.4. The van der Waals surface area contributed by atoms with Gasteiger partial charge in [-0.3, -0.25) is 0 Å². The first-order valence-electron chi connectivity index (χ1n) is 20.6. The van der Waals surface area contributed by atoms with Crippen molar-refractivity contribution in [1.82, 2.24) is 9.97 Å². The van der Waals surface area contributed by atoms with E-state index in [1.165, 1.54) is 27.8 Å². The highest BCUT2D eigenvalue weighted by molar-refractivity contribution is 6.07. The Bertz CT molecular complexity index is 3280. The van der Waals surface area contributed by atoms with Crippen LogP contribution in [0.25, 0.3) is 111 Å². The second kappa shape index (κ2) is 15.6.